The highest BCUT2D eigenvalue weighted by Crippen LogP contribution is 2.34. The minimum absolute atomic E-state index is 0.414. The summed E-state index contributed by atoms with van der Waals surface area (Å²) in [7, 11) is 3.15. The van der Waals surface area contributed by atoms with E-state index < -0.39 is 0 Å². The van der Waals surface area contributed by atoms with Gasteiger partial charge in [-0.1, -0.05) is 11.8 Å². The molecule has 1 aromatic carbocycles. The monoisotopic (exact) mass is 330 g/mol. The predicted molar refractivity (Wildman–Crippen MR) is 91.2 cm³/mol. The lowest BCUT2D eigenvalue weighted by Crippen LogP contribution is -2.06. The van der Waals surface area contributed by atoms with Crippen LogP contribution in [0.1, 0.15) is 12.5 Å². The molecule has 7 heteroatoms. The molecule has 0 saturated carbocycles. The van der Waals surface area contributed by atoms with Crippen molar-refractivity contribution >= 4 is 17.6 Å². The first-order valence-electron chi connectivity index (χ1n) is 7.00. The Balaban J connectivity index is 2.66. The maximum Gasteiger partial charge on any atom is 0.189 e. The summed E-state index contributed by atoms with van der Waals surface area (Å²) >= 11 is 1.43. The number of thioether (sulfide) groups is 1. The first-order chi connectivity index (χ1) is 11.2. The van der Waals surface area contributed by atoms with E-state index in [2.05, 4.69) is 21.4 Å². The highest BCUT2D eigenvalue weighted by molar-refractivity contribution is 7.98. The summed E-state index contributed by atoms with van der Waals surface area (Å²) < 4.78 is 10.6. The fourth-order valence-corrected chi connectivity index (χ4v) is 2.49. The van der Waals surface area contributed by atoms with E-state index in [0.29, 0.717) is 40.3 Å². The Hall–Kier alpha value is -2.46. The van der Waals surface area contributed by atoms with Crippen molar-refractivity contribution < 1.29 is 9.47 Å². The molecule has 0 bridgehead atoms. The van der Waals surface area contributed by atoms with Crippen molar-refractivity contribution in [1.82, 2.24) is 9.97 Å². The smallest absolute Gasteiger partial charge is 0.189 e. The average Bonchev–Trinajstić information content (AvgIpc) is 2.60. The van der Waals surface area contributed by atoms with Gasteiger partial charge in [-0.05, 0) is 31.4 Å². The minimum Gasteiger partial charge on any atom is -0.493 e. The number of nitrogens with zero attached hydrogens (tertiary/aromatic N) is 3. The third-order valence-corrected chi connectivity index (χ3v) is 3.73. The third-order valence-electron chi connectivity index (χ3n) is 3.18. The third kappa shape index (κ3) is 3.48. The van der Waals surface area contributed by atoms with Gasteiger partial charge in [0.2, 0.25) is 0 Å². The number of hydrogen-bond donors (Lipinski definition) is 1. The second-order valence-corrected chi connectivity index (χ2v) is 5.27. The van der Waals surface area contributed by atoms with Crippen LogP contribution in [0.5, 0.6) is 11.5 Å². The van der Waals surface area contributed by atoms with Gasteiger partial charge in [-0.25, -0.2) is 9.97 Å². The van der Waals surface area contributed by atoms with Crippen LogP contribution >= 0.6 is 11.8 Å². The standard InChI is InChI=1S/C16H18N4O2S/c1-5-18-15-11(9-17)14(19-16(20-15)23-4)10-6-7-12(21-2)13(8-10)22-3/h6-8H,5H2,1-4H3,(H,18,19,20). The zero-order valence-corrected chi connectivity index (χ0v) is 14.3. The van der Waals surface area contributed by atoms with E-state index in [1.165, 1.54) is 11.8 Å². The van der Waals surface area contributed by atoms with Gasteiger partial charge in [0.1, 0.15) is 17.5 Å². The fourth-order valence-electron chi connectivity index (χ4n) is 2.13. The van der Waals surface area contributed by atoms with Crippen LogP contribution in [0.3, 0.4) is 0 Å². The van der Waals surface area contributed by atoms with Crippen LogP contribution in [-0.2, 0) is 0 Å². The van der Waals surface area contributed by atoms with Gasteiger partial charge in [-0.3, -0.25) is 0 Å². The van der Waals surface area contributed by atoms with E-state index in [9.17, 15) is 5.26 Å². The molecule has 0 aliphatic heterocycles. The van der Waals surface area contributed by atoms with Crippen molar-refractivity contribution in [1.29, 1.82) is 5.26 Å². The van der Waals surface area contributed by atoms with Crippen LogP contribution in [-0.4, -0.2) is 37.0 Å². The molecule has 2 rings (SSSR count). The van der Waals surface area contributed by atoms with Crippen molar-refractivity contribution in [2.45, 2.75) is 12.1 Å². The van der Waals surface area contributed by atoms with E-state index in [4.69, 9.17) is 9.47 Å². The molecule has 0 fully saturated rings. The molecule has 23 heavy (non-hydrogen) atoms. The molecule has 120 valence electrons. The van der Waals surface area contributed by atoms with Gasteiger partial charge >= 0.3 is 0 Å². The summed E-state index contributed by atoms with van der Waals surface area (Å²) in [4.78, 5) is 8.88. The lowest BCUT2D eigenvalue weighted by atomic mass is 10.1. The van der Waals surface area contributed by atoms with Gasteiger partial charge in [-0.2, -0.15) is 5.26 Å². The number of aromatic nitrogens is 2. The quantitative estimate of drug-likeness (QED) is 0.643. The van der Waals surface area contributed by atoms with Crippen LogP contribution in [0.4, 0.5) is 5.82 Å². The van der Waals surface area contributed by atoms with Gasteiger partial charge in [0.25, 0.3) is 0 Å². The van der Waals surface area contributed by atoms with E-state index in [1.54, 1.807) is 20.3 Å². The molecule has 0 aliphatic rings. The number of nitrogens with one attached hydrogen (secondary N) is 1. The Labute approximate surface area is 139 Å². The molecule has 1 N–H and O–H groups in total. The first-order valence-corrected chi connectivity index (χ1v) is 8.23. The molecule has 6 nitrogen and oxygen atoms in total. The van der Waals surface area contributed by atoms with Crippen LogP contribution in [0.25, 0.3) is 11.3 Å². The van der Waals surface area contributed by atoms with Crippen molar-refractivity contribution in [3.05, 3.63) is 23.8 Å². The molecule has 0 radical (unpaired) electrons. The number of rotatable bonds is 6. The first kappa shape index (κ1) is 16.9. The topological polar surface area (TPSA) is 80.1 Å². The molecular formula is C16H18N4O2S. The van der Waals surface area contributed by atoms with Gasteiger partial charge in [0.15, 0.2) is 16.7 Å². The normalized spacial score (nSPS) is 10.0. The van der Waals surface area contributed by atoms with Crippen LogP contribution in [0.2, 0.25) is 0 Å². The van der Waals surface area contributed by atoms with E-state index in [0.717, 1.165) is 5.56 Å². The molecule has 0 saturated heterocycles. The number of anilines is 1. The molecule has 1 heterocycles. The average molecular weight is 330 g/mol. The molecular weight excluding hydrogens is 312 g/mol. The second-order valence-electron chi connectivity index (χ2n) is 4.49. The van der Waals surface area contributed by atoms with Gasteiger partial charge < -0.3 is 14.8 Å². The number of methoxy groups -OCH3 is 2. The molecule has 0 amide bonds. The van der Waals surface area contributed by atoms with E-state index in [1.807, 2.05) is 25.3 Å². The van der Waals surface area contributed by atoms with Crippen molar-refractivity contribution in [2.75, 3.05) is 32.3 Å². The Morgan fingerprint density at radius 3 is 2.52 bits per heavy atom. The molecule has 0 atom stereocenters. The van der Waals surface area contributed by atoms with E-state index >= 15 is 0 Å². The Bertz CT molecular complexity index is 744. The highest BCUT2D eigenvalue weighted by Gasteiger charge is 2.17. The van der Waals surface area contributed by atoms with Crippen LogP contribution < -0.4 is 14.8 Å². The molecule has 2 aromatic rings. The van der Waals surface area contributed by atoms with Crippen molar-refractivity contribution in [2.24, 2.45) is 0 Å². The van der Waals surface area contributed by atoms with Gasteiger partial charge in [-0.15, -0.1) is 0 Å². The number of hydrogen-bond acceptors (Lipinski definition) is 7. The Kier molecular flexibility index (Phi) is 5.66. The Morgan fingerprint density at radius 2 is 1.96 bits per heavy atom. The summed E-state index contributed by atoms with van der Waals surface area (Å²) in [6.07, 6.45) is 1.90. The SMILES string of the molecule is CCNc1nc(SC)nc(-c2ccc(OC)c(OC)c2)c1C#N. The van der Waals surface area contributed by atoms with Crippen LogP contribution in [0, 0.1) is 11.3 Å². The summed E-state index contributed by atoms with van der Waals surface area (Å²) in [6, 6.07) is 7.65. The number of benzene rings is 1. The molecule has 0 aliphatic carbocycles. The summed E-state index contributed by atoms with van der Waals surface area (Å²) in [5.41, 5.74) is 1.76. The Morgan fingerprint density at radius 1 is 1.22 bits per heavy atom. The zero-order valence-electron chi connectivity index (χ0n) is 13.5. The van der Waals surface area contributed by atoms with E-state index in [-0.39, 0.29) is 0 Å². The largest absolute Gasteiger partial charge is 0.493 e. The number of ether oxygens (including phenoxy) is 2. The zero-order chi connectivity index (χ0) is 16.8. The number of nitriles is 1. The molecule has 0 unspecified atom stereocenters. The molecule has 1 aromatic heterocycles. The summed E-state index contributed by atoms with van der Waals surface area (Å²) in [6.45, 7) is 2.63. The minimum atomic E-state index is 0.414. The van der Waals surface area contributed by atoms with Gasteiger partial charge in [0, 0.05) is 12.1 Å². The summed E-state index contributed by atoms with van der Waals surface area (Å²) in [5, 5.41) is 13.3. The lowest BCUT2D eigenvalue weighted by molar-refractivity contribution is 0.355. The maximum absolute atomic E-state index is 9.55. The predicted octanol–water partition coefficient (Wildman–Crippen LogP) is 3.19. The van der Waals surface area contributed by atoms with Crippen LogP contribution in [0.15, 0.2) is 23.4 Å². The van der Waals surface area contributed by atoms with Crippen molar-refractivity contribution in [3.8, 4) is 28.8 Å². The van der Waals surface area contributed by atoms with Crippen molar-refractivity contribution in [3.63, 3.8) is 0 Å². The maximum atomic E-state index is 9.55. The summed E-state index contributed by atoms with van der Waals surface area (Å²) in [5.74, 6) is 1.75. The van der Waals surface area contributed by atoms with Gasteiger partial charge in [0.05, 0.1) is 19.9 Å². The fraction of sp³-hybridized carbons (Fsp3) is 0.312. The lowest BCUT2D eigenvalue weighted by Gasteiger charge is -2.13. The highest BCUT2D eigenvalue weighted by atomic mass is 32.2. The molecule has 0 spiro atoms. The second kappa shape index (κ2) is 7.70.